The summed E-state index contributed by atoms with van der Waals surface area (Å²) < 4.78 is 9.10. The van der Waals surface area contributed by atoms with Crippen LogP contribution in [0.2, 0.25) is 0 Å². The summed E-state index contributed by atoms with van der Waals surface area (Å²) in [5.41, 5.74) is 1.04. The fourth-order valence-electron chi connectivity index (χ4n) is 1.24. The van der Waals surface area contributed by atoms with Gasteiger partial charge in [-0.3, -0.25) is 0 Å². The van der Waals surface area contributed by atoms with E-state index in [1.54, 1.807) is 7.11 Å². The molecule has 0 atom stereocenters. The molecule has 1 heterocycles. The van der Waals surface area contributed by atoms with E-state index in [-0.39, 0.29) is 0 Å². The van der Waals surface area contributed by atoms with E-state index in [0.717, 1.165) is 18.8 Å². The fourth-order valence-corrected chi connectivity index (χ4v) is 3.02. The average Bonchev–Trinajstić information content (AvgIpc) is 2.58. The summed E-state index contributed by atoms with van der Waals surface area (Å²) in [7, 11) is 1.66. The molecule has 0 spiro atoms. The number of rotatable bonds is 2. The first-order chi connectivity index (χ1) is 7.20. The molecule has 0 fully saturated rings. The highest BCUT2D eigenvalue weighted by molar-refractivity contribution is 14.1. The van der Waals surface area contributed by atoms with Crippen molar-refractivity contribution in [3.63, 3.8) is 0 Å². The molecule has 3 nitrogen and oxygen atoms in total. The maximum absolute atomic E-state index is 5.11. The number of methoxy groups -OCH3 is 1. The summed E-state index contributed by atoms with van der Waals surface area (Å²) in [6, 6.07) is 9.87. The molecular formula is C10H8I2N2O. The van der Waals surface area contributed by atoms with Crippen LogP contribution in [0.5, 0.6) is 5.75 Å². The molecular weight excluding hydrogens is 418 g/mol. The van der Waals surface area contributed by atoms with E-state index in [2.05, 4.69) is 50.3 Å². The van der Waals surface area contributed by atoms with Crippen LogP contribution in [-0.4, -0.2) is 16.9 Å². The van der Waals surface area contributed by atoms with E-state index in [9.17, 15) is 0 Å². The molecule has 78 valence electrons. The molecule has 0 amide bonds. The van der Waals surface area contributed by atoms with Gasteiger partial charge in [-0.1, -0.05) is 0 Å². The van der Waals surface area contributed by atoms with Crippen LogP contribution < -0.4 is 4.74 Å². The van der Waals surface area contributed by atoms with Crippen molar-refractivity contribution in [3.8, 4) is 11.4 Å². The highest BCUT2D eigenvalue weighted by atomic mass is 127. The van der Waals surface area contributed by atoms with E-state index < -0.39 is 0 Å². The van der Waals surface area contributed by atoms with Gasteiger partial charge in [-0.05, 0) is 69.4 Å². The van der Waals surface area contributed by atoms with Gasteiger partial charge in [-0.15, -0.1) is 0 Å². The number of halogens is 2. The van der Waals surface area contributed by atoms with Crippen molar-refractivity contribution in [2.75, 3.05) is 7.11 Å². The number of hydrogen-bond donors (Lipinski definition) is 0. The van der Waals surface area contributed by atoms with Gasteiger partial charge in [0.1, 0.15) is 13.2 Å². The van der Waals surface area contributed by atoms with Crippen molar-refractivity contribution < 1.29 is 4.74 Å². The summed E-state index contributed by atoms with van der Waals surface area (Å²) in [6.45, 7) is 0. The summed E-state index contributed by atoms with van der Waals surface area (Å²) in [4.78, 5) is 0. The third-order valence-corrected chi connectivity index (χ3v) is 3.25. The maximum atomic E-state index is 5.11. The topological polar surface area (TPSA) is 27.1 Å². The van der Waals surface area contributed by atoms with Crippen LogP contribution in [-0.2, 0) is 0 Å². The standard InChI is InChI=1S/C10H8I2N2O/c1-15-8-4-2-7(3-5-8)14-10(12)6-9(11)13-14/h2-6H,1H3. The average molecular weight is 426 g/mol. The molecule has 0 bridgehead atoms. The quantitative estimate of drug-likeness (QED) is 0.691. The molecule has 0 aliphatic heterocycles. The Kier molecular flexibility index (Phi) is 3.49. The molecule has 15 heavy (non-hydrogen) atoms. The molecule has 0 radical (unpaired) electrons. The van der Waals surface area contributed by atoms with Gasteiger partial charge in [-0.25, -0.2) is 4.68 Å². The van der Waals surface area contributed by atoms with Crippen LogP contribution >= 0.6 is 45.2 Å². The van der Waals surface area contributed by atoms with E-state index in [1.807, 2.05) is 35.0 Å². The van der Waals surface area contributed by atoms with Crippen LogP contribution in [0, 0.1) is 7.40 Å². The molecule has 2 aromatic rings. The first-order valence-electron chi connectivity index (χ1n) is 4.26. The molecule has 1 aromatic carbocycles. The SMILES string of the molecule is COc1ccc(-n2nc(I)cc2I)cc1. The first kappa shape index (κ1) is 11.2. The smallest absolute Gasteiger partial charge is 0.124 e. The second kappa shape index (κ2) is 4.69. The Morgan fingerprint density at radius 3 is 2.33 bits per heavy atom. The zero-order valence-corrected chi connectivity index (χ0v) is 12.3. The third-order valence-electron chi connectivity index (χ3n) is 1.95. The third kappa shape index (κ3) is 2.44. The Morgan fingerprint density at radius 1 is 1.20 bits per heavy atom. The number of nitrogens with zero attached hydrogens (tertiary/aromatic N) is 2. The lowest BCUT2D eigenvalue weighted by Gasteiger charge is -2.04. The summed E-state index contributed by atoms with van der Waals surface area (Å²) >= 11 is 4.47. The Balaban J connectivity index is 2.41. The normalized spacial score (nSPS) is 10.3. The van der Waals surface area contributed by atoms with Gasteiger partial charge in [0, 0.05) is 6.07 Å². The molecule has 5 heteroatoms. The number of aromatic nitrogens is 2. The predicted molar refractivity (Wildman–Crippen MR) is 75.6 cm³/mol. The van der Waals surface area contributed by atoms with Gasteiger partial charge in [-0.2, -0.15) is 5.10 Å². The van der Waals surface area contributed by atoms with Gasteiger partial charge in [0.05, 0.1) is 12.8 Å². The minimum atomic E-state index is 0.857. The van der Waals surface area contributed by atoms with Crippen molar-refractivity contribution in [2.45, 2.75) is 0 Å². The summed E-state index contributed by atoms with van der Waals surface area (Å²) in [6.07, 6.45) is 0. The molecule has 2 rings (SSSR count). The van der Waals surface area contributed by atoms with Gasteiger partial charge in [0.15, 0.2) is 0 Å². The first-order valence-corrected chi connectivity index (χ1v) is 6.42. The Bertz CT molecular complexity index is 465. The minimum absolute atomic E-state index is 0.857. The number of benzene rings is 1. The monoisotopic (exact) mass is 426 g/mol. The lowest BCUT2D eigenvalue weighted by Crippen LogP contribution is -1.98. The van der Waals surface area contributed by atoms with Crippen molar-refractivity contribution in [1.82, 2.24) is 9.78 Å². The Labute approximate surface area is 115 Å². The van der Waals surface area contributed by atoms with Crippen molar-refractivity contribution in [1.29, 1.82) is 0 Å². The second-order valence-corrected chi connectivity index (χ2v) is 5.11. The predicted octanol–water partition coefficient (Wildman–Crippen LogP) is 3.09. The molecule has 0 saturated heterocycles. The molecule has 0 aliphatic carbocycles. The lowest BCUT2D eigenvalue weighted by molar-refractivity contribution is 0.414. The fraction of sp³-hybridized carbons (Fsp3) is 0.100. The lowest BCUT2D eigenvalue weighted by atomic mass is 10.3. The summed E-state index contributed by atoms with van der Waals surface area (Å²) in [5.74, 6) is 0.857. The van der Waals surface area contributed by atoms with Crippen molar-refractivity contribution >= 4 is 45.2 Å². The van der Waals surface area contributed by atoms with E-state index in [4.69, 9.17) is 4.74 Å². The molecule has 0 aliphatic rings. The number of ether oxygens (including phenoxy) is 1. The van der Waals surface area contributed by atoms with Crippen LogP contribution in [0.4, 0.5) is 0 Å². The van der Waals surface area contributed by atoms with E-state index in [1.165, 1.54) is 0 Å². The molecule has 1 aromatic heterocycles. The minimum Gasteiger partial charge on any atom is -0.497 e. The van der Waals surface area contributed by atoms with Crippen LogP contribution in [0.1, 0.15) is 0 Å². The van der Waals surface area contributed by atoms with Gasteiger partial charge in [0.25, 0.3) is 0 Å². The van der Waals surface area contributed by atoms with Crippen LogP contribution in [0.15, 0.2) is 30.3 Å². The zero-order chi connectivity index (χ0) is 10.8. The molecule has 0 saturated carbocycles. The van der Waals surface area contributed by atoms with Crippen LogP contribution in [0.3, 0.4) is 0 Å². The van der Waals surface area contributed by atoms with Crippen molar-refractivity contribution in [2.24, 2.45) is 0 Å². The highest BCUT2D eigenvalue weighted by Crippen LogP contribution is 2.18. The molecule has 0 unspecified atom stereocenters. The summed E-state index contributed by atoms with van der Waals surface area (Å²) in [5, 5.41) is 4.39. The second-order valence-electron chi connectivity index (χ2n) is 2.90. The van der Waals surface area contributed by atoms with Crippen LogP contribution in [0.25, 0.3) is 5.69 Å². The van der Waals surface area contributed by atoms with Crippen molar-refractivity contribution in [3.05, 3.63) is 37.7 Å². The zero-order valence-electron chi connectivity index (χ0n) is 7.95. The Hall–Kier alpha value is -0.310. The maximum Gasteiger partial charge on any atom is 0.124 e. The molecule has 0 N–H and O–H groups in total. The van der Waals surface area contributed by atoms with Gasteiger partial charge < -0.3 is 4.74 Å². The Morgan fingerprint density at radius 2 is 1.87 bits per heavy atom. The largest absolute Gasteiger partial charge is 0.497 e. The number of hydrogen-bond acceptors (Lipinski definition) is 2. The highest BCUT2D eigenvalue weighted by Gasteiger charge is 2.05. The van der Waals surface area contributed by atoms with E-state index in [0.29, 0.717) is 0 Å². The van der Waals surface area contributed by atoms with E-state index >= 15 is 0 Å². The van der Waals surface area contributed by atoms with Gasteiger partial charge >= 0.3 is 0 Å². The van der Waals surface area contributed by atoms with Gasteiger partial charge in [0.2, 0.25) is 0 Å².